The molecule has 1 aromatic rings. The number of sulfone groups is 1. The second-order valence-corrected chi connectivity index (χ2v) is 6.78. The van der Waals surface area contributed by atoms with Crippen molar-refractivity contribution in [2.75, 3.05) is 37.8 Å². The summed E-state index contributed by atoms with van der Waals surface area (Å²) in [7, 11) is -1.03. The quantitative estimate of drug-likeness (QED) is 0.795. The summed E-state index contributed by atoms with van der Waals surface area (Å²) in [5.74, 6) is 0.209. The molecule has 0 unspecified atom stereocenters. The molecule has 1 aromatic carbocycles. The number of anilines is 1. The van der Waals surface area contributed by atoms with Gasteiger partial charge in [0.2, 0.25) is 0 Å². The molecule has 0 fully saturated rings. The lowest BCUT2D eigenvalue weighted by Crippen LogP contribution is -2.24. The van der Waals surface area contributed by atoms with Crippen LogP contribution in [0.3, 0.4) is 0 Å². The van der Waals surface area contributed by atoms with Gasteiger partial charge in [-0.15, -0.1) is 0 Å². The minimum atomic E-state index is -3.10. The standard InChI is InChI=1S/C14H24N2O2S/c1-4-12-19(17,18)14-8-6-13(7-9-14)15-10-11-16(3)5-2/h6-9,15H,4-5,10-12H2,1-3H3. The van der Waals surface area contributed by atoms with Crippen LogP contribution in [0.2, 0.25) is 0 Å². The molecular weight excluding hydrogens is 260 g/mol. The zero-order valence-corrected chi connectivity index (χ0v) is 12.8. The molecule has 0 spiro atoms. The van der Waals surface area contributed by atoms with E-state index in [0.717, 1.165) is 25.3 Å². The highest BCUT2D eigenvalue weighted by Gasteiger charge is 2.12. The van der Waals surface area contributed by atoms with Crippen molar-refractivity contribution in [2.24, 2.45) is 0 Å². The molecule has 0 atom stereocenters. The van der Waals surface area contributed by atoms with Crippen molar-refractivity contribution in [1.82, 2.24) is 4.90 Å². The Labute approximate surface area is 116 Å². The van der Waals surface area contributed by atoms with Gasteiger partial charge in [-0.25, -0.2) is 8.42 Å². The molecule has 0 radical (unpaired) electrons. The molecule has 0 bridgehead atoms. The van der Waals surface area contributed by atoms with Crippen LogP contribution in [0.5, 0.6) is 0 Å². The Morgan fingerprint density at radius 1 is 1.16 bits per heavy atom. The van der Waals surface area contributed by atoms with E-state index in [1.54, 1.807) is 12.1 Å². The molecule has 0 amide bonds. The molecule has 0 aliphatic rings. The summed E-state index contributed by atoms with van der Waals surface area (Å²) >= 11 is 0. The van der Waals surface area contributed by atoms with Crippen molar-refractivity contribution in [1.29, 1.82) is 0 Å². The van der Waals surface area contributed by atoms with E-state index < -0.39 is 9.84 Å². The van der Waals surface area contributed by atoms with Crippen molar-refractivity contribution in [3.8, 4) is 0 Å². The van der Waals surface area contributed by atoms with Crippen LogP contribution in [0.15, 0.2) is 29.2 Å². The number of rotatable bonds is 8. The van der Waals surface area contributed by atoms with Crippen molar-refractivity contribution >= 4 is 15.5 Å². The molecular formula is C14H24N2O2S. The van der Waals surface area contributed by atoms with E-state index in [9.17, 15) is 8.42 Å². The molecule has 0 aliphatic heterocycles. The number of benzene rings is 1. The zero-order valence-electron chi connectivity index (χ0n) is 12.0. The first-order chi connectivity index (χ1) is 8.99. The maximum absolute atomic E-state index is 11.9. The normalized spacial score (nSPS) is 11.8. The van der Waals surface area contributed by atoms with Crippen molar-refractivity contribution in [3.63, 3.8) is 0 Å². The molecule has 4 nitrogen and oxygen atoms in total. The van der Waals surface area contributed by atoms with Crippen molar-refractivity contribution in [2.45, 2.75) is 25.2 Å². The fraction of sp³-hybridized carbons (Fsp3) is 0.571. The molecule has 1 N–H and O–H groups in total. The number of likely N-dealkylation sites (N-methyl/N-ethyl adjacent to an activating group) is 1. The number of hydrogen-bond donors (Lipinski definition) is 1. The SMILES string of the molecule is CCCS(=O)(=O)c1ccc(NCCN(C)CC)cc1. The smallest absolute Gasteiger partial charge is 0.178 e. The Kier molecular flexibility index (Phi) is 6.31. The van der Waals surface area contributed by atoms with Gasteiger partial charge in [-0.05, 0) is 44.3 Å². The highest BCUT2D eigenvalue weighted by atomic mass is 32.2. The predicted molar refractivity (Wildman–Crippen MR) is 80.4 cm³/mol. The molecule has 19 heavy (non-hydrogen) atoms. The first-order valence-electron chi connectivity index (χ1n) is 6.74. The second kappa shape index (κ2) is 7.50. The van der Waals surface area contributed by atoms with Gasteiger partial charge >= 0.3 is 0 Å². The van der Waals surface area contributed by atoms with Crippen LogP contribution in [0.4, 0.5) is 5.69 Å². The van der Waals surface area contributed by atoms with Gasteiger partial charge in [0.1, 0.15) is 0 Å². The lowest BCUT2D eigenvalue weighted by atomic mass is 10.3. The maximum atomic E-state index is 11.9. The van der Waals surface area contributed by atoms with Gasteiger partial charge in [0, 0.05) is 18.8 Å². The third-order valence-electron chi connectivity index (χ3n) is 3.05. The highest BCUT2D eigenvalue weighted by molar-refractivity contribution is 7.91. The maximum Gasteiger partial charge on any atom is 0.178 e. The van der Waals surface area contributed by atoms with Crippen LogP contribution in [0, 0.1) is 0 Å². The summed E-state index contributed by atoms with van der Waals surface area (Å²) in [4.78, 5) is 2.62. The Morgan fingerprint density at radius 3 is 2.32 bits per heavy atom. The summed E-state index contributed by atoms with van der Waals surface area (Å²) in [6.07, 6.45) is 0.645. The molecule has 0 saturated carbocycles. The van der Waals surface area contributed by atoms with E-state index in [-0.39, 0.29) is 5.75 Å². The van der Waals surface area contributed by atoms with Gasteiger partial charge in [0.15, 0.2) is 9.84 Å². The van der Waals surface area contributed by atoms with Gasteiger partial charge in [0.25, 0.3) is 0 Å². The fourth-order valence-electron chi connectivity index (χ4n) is 1.72. The Bertz CT molecular complexity index is 469. The van der Waals surface area contributed by atoms with E-state index >= 15 is 0 Å². The summed E-state index contributed by atoms with van der Waals surface area (Å²) in [6.45, 7) is 6.83. The van der Waals surface area contributed by atoms with Crippen molar-refractivity contribution < 1.29 is 8.42 Å². The summed E-state index contributed by atoms with van der Waals surface area (Å²) < 4.78 is 23.7. The molecule has 0 aromatic heterocycles. The zero-order chi connectivity index (χ0) is 14.3. The predicted octanol–water partition coefficient (Wildman–Crippen LogP) is 2.23. The molecule has 1 rings (SSSR count). The van der Waals surface area contributed by atoms with Crippen LogP contribution in [-0.4, -0.2) is 45.8 Å². The van der Waals surface area contributed by atoms with Gasteiger partial charge in [0.05, 0.1) is 10.6 Å². The van der Waals surface area contributed by atoms with Gasteiger partial charge in [-0.2, -0.15) is 0 Å². The lowest BCUT2D eigenvalue weighted by molar-refractivity contribution is 0.367. The lowest BCUT2D eigenvalue weighted by Gasteiger charge is -2.14. The number of nitrogens with one attached hydrogen (secondary N) is 1. The van der Waals surface area contributed by atoms with Gasteiger partial charge in [-0.1, -0.05) is 13.8 Å². The largest absolute Gasteiger partial charge is 0.384 e. The third kappa shape index (κ3) is 5.20. The Balaban J connectivity index is 2.57. The third-order valence-corrected chi connectivity index (χ3v) is 4.98. The fourth-order valence-corrected chi connectivity index (χ4v) is 3.04. The highest BCUT2D eigenvalue weighted by Crippen LogP contribution is 2.15. The van der Waals surface area contributed by atoms with E-state index in [1.807, 2.05) is 19.1 Å². The van der Waals surface area contributed by atoms with E-state index in [0.29, 0.717) is 11.3 Å². The van der Waals surface area contributed by atoms with Gasteiger partial charge in [-0.3, -0.25) is 0 Å². The summed E-state index contributed by atoms with van der Waals surface area (Å²) in [5, 5.41) is 3.28. The Hall–Kier alpha value is -1.07. The number of hydrogen-bond acceptors (Lipinski definition) is 4. The van der Waals surface area contributed by atoms with Crippen LogP contribution in [0.1, 0.15) is 20.3 Å². The van der Waals surface area contributed by atoms with Crippen LogP contribution < -0.4 is 5.32 Å². The summed E-state index contributed by atoms with van der Waals surface area (Å²) in [6, 6.07) is 7.01. The molecule has 0 heterocycles. The van der Waals surface area contributed by atoms with E-state index in [4.69, 9.17) is 0 Å². The first kappa shape index (κ1) is 16.0. The van der Waals surface area contributed by atoms with E-state index in [1.165, 1.54) is 0 Å². The average Bonchev–Trinajstić information content (AvgIpc) is 2.39. The molecule has 0 aliphatic carbocycles. The molecule has 108 valence electrons. The van der Waals surface area contributed by atoms with Crippen LogP contribution in [0.25, 0.3) is 0 Å². The monoisotopic (exact) mass is 284 g/mol. The molecule has 5 heteroatoms. The first-order valence-corrected chi connectivity index (χ1v) is 8.40. The van der Waals surface area contributed by atoms with Crippen molar-refractivity contribution in [3.05, 3.63) is 24.3 Å². The Morgan fingerprint density at radius 2 is 1.79 bits per heavy atom. The minimum Gasteiger partial charge on any atom is -0.384 e. The summed E-state index contributed by atoms with van der Waals surface area (Å²) in [5.41, 5.74) is 0.958. The molecule has 0 saturated heterocycles. The van der Waals surface area contributed by atoms with Crippen LogP contribution in [-0.2, 0) is 9.84 Å². The van der Waals surface area contributed by atoms with E-state index in [2.05, 4.69) is 24.2 Å². The number of nitrogens with zero attached hydrogens (tertiary/aromatic N) is 1. The average molecular weight is 284 g/mol. The minimum absolute atomic E-state index is 0.209. The van der Waals surface area contributed by atoms with Crippen LogP contribution >= 0.6 is 0 Å². The van der Waals surface area contributed by atoms with Gasteiger partial charge < -0.3 is 10.2 Å². The second-order valence-electron chi connectivity index (χ2n) is 4.67. The topological polar surface area (TPSA) is 49.4 Å².